The Balaban J connectivity index is 1.97. The number of hydrogen-bond donors (Lipinski definition) is 1. The van der Waals surface area contributed by atoms with Crippen LogP contribution in [-0.2, 0) is 0 Å². The standard InChI is InChI=1S/C14H29N3/c1-12-9-14(11-15,7-8-16(12)2)17(3)10-13-5-4-6-13/h12-13H,4-11,15H2,1-3H3. The van der Waals surface area contributed by atoms with Gasteiger partial charge in [-0.2, -0.15) is 0 Å². The lowest BCUT2D eigenvalue weighted by Gasteiger charge is -2.50. The largest absolute Gasteiger partial charge is 0.329 e. The summed E-state index contributed by atoms with van der Waals surface area (Å²) in [5.41, 5.74) is 6.39. The predicted molar refractivity (Wildman–Crippen MR) is 73.1 cm³/mol. The lowest BCUT2D eigenvalue weighted by Crippen LogP contribution is -2.60. The van der Waals surface area contributed by atoms with Crippen LogP contribution in [0.1, 0.15) is 39.0 Å². The van der Waals surface area contributed by atoms with Crippen LogP contribution in [0.5, 0.6) is 0 Å². The summed E-state index contributed by atoms with van der Waals surface area (Å²) >= 11 is 0. The molecule has 1 heterocycles. The minimum atomic E-state index is 0.265. The Hall–Kier alpha value is -0.120. The molecule has 2 unspecified atom stereocenters. The Kier molecular flexibility index (Phi) is 4.11. The van der Waals surface area contributed by atoms with Gasteiger partial charge in [-0.15, -0.1) is 0 Å². The first kappa shape index (κ1) is 13.3. The van der Waals surface area contributed by atoms with Crippen molar-refractivity contribution in [2.45, 2.75) is 50.6 Å². The van der Waals surface area contributed by atoms with E-state index in [-0.39, 0.29) is 5.54 Å². The van der Waals surface area contributed by atoms with E-state index in [0.717, 1.165) is 12.5 Å². The van der Waals surface area contributed by atoms with Crippen molar-refractivity contribution < 1.29 is 0 Å². The molecule has 2 atom stereocenters. The van der Waals surface area contributed by atoms with Crippen LogP contribution in [0.3, 0.4) is 0 Å². The summed E-state index contributed by atoms with van der Waals surface area (Å²) in [7, 11) is 4.53. The summed E-state index contributed by atoms with van der Waals surface area (Å²) < 4.78 is 0. The molecule has 0 aromatic carbocycles. The van der Waals surface area contributed by atoms with Gasteiger partial charge in [0.1, 0.15) is 0 Å². The fourth-order valence-corrected chi connectivity index (χ4v) is 3.36. The minimum absolute atomic E-state index is 0.265. The topological polar surface area (TPSA) is 32.5 Å². The number of nitrogens with zero attached hydrogens (tertiary/aromatic N) is 2. The van der Waals surface area contributed by atoms with Crippen molar-refractivity contribution in [3.8, 4) is 0 Å². The first-order valence-corrected chi connectivity index (χ1v) is 7.19. The first-order chi connectivity index (χ1) is 8.07. The molecule has 0 spiro atoms. The first-order valence-electron chi connectivity index (χ1n) is 7.19. The number of hydrogen-bond acceptors (Lipinski definition) is 3. The molecule has 0 amide bonds. The van der Waals surface area contributed by atoms with E-state index in [4.69, 9.17) is 5.73 Å². The van der Waals surface area contributed by atoms with Crippen molar-refractivity contribution in [2.24, 2.45) is 11.7 Å². The van der Waals surface area contributed by atoms with E-state index < -0.39 is 0 Å². The molecule has 17 heavy (non-hydrogen) atoms. The van der Waals surface area contributed by atoms with Crippen molar-refractivity contribution in [1.82, 2.24) is 9.80 Å². The van der Waals surface area contributed by atoms with E-state index in [1.54, 1.807) is 0 Å². The van der Waals surface area contributed by atoms with Gasteiger partial charge in [-0.3, -0.25) is 4.90 Å². The van der Waals surface area contributed by atoms with Crippen molar-refractivity contribution in [1.29, 1.82) is 0 Å². The van der Waals surface area contributed by atoms with Crippen LogP contribution in [0.4, 0.5) is 0 Å². The predicted octanol–water partition coefficient (Wildman–Crippen LogP) is 1.53. The Morgan fingerprint density at radius 1 is 1.41 bits per heavy atom. The average Bonchev–Trinajstić information content (AvgIpc) is 2.27. The van der Waals surface area contributed by atoms with Gasteiger partial charge in [0.2, 0.25) is 0 Å². The third-order valence-electron chi connectivity index (χ3n) is 5.30. The molecule has 2 fully saturated rings. The summed E-state index contributed by atoms with van der Waals surface area (Å²) in [4.78, 5) is 5.05. The average molecular weight is 239 g/mol. The highest BCUT2D eigenvalue weighted by molar-refractivity contribution is 4.98. The van der Waals surface area contributed by atoms with Gasteiger partial charge in [0, 0.05) is 24.7 Å². The Morgan fingerprint density at radius 2 is 2.12 bits per heavy atom. The fourth-order valence-electron chi connectivity index (χ4n) is 3.36. The second kappa shape index (κ2) is 5.25. The van der Waals surface area contributed by atoms with E-state index in [0.29, 0.717) is 6.04 Å². The highest BCUT2D eigenvalue weighted by atomic mass is 15.2. The summed E-state index contributed by atoms with van der Waals surface area (Å²) in [6.07, 6.45) is 6.75. The summed E-state index contributed by atoms with van der Waals surface area (Å²) in [5.74, 6) is 0.943. The number of likely N-dealkylation sites (tertiary alicyclic amines) is 1. The molecule has 1 aliphatic carbocycles. The van der Waals surface area contributed by atoms with Gasteiger partial charge in [-0.05, 0) is 59.2 Å². The minimum Gasteiger partial charge on any atom is -0.329 e. The maximum Gasteiger partial charge on any atom is 0.0355 e. The molecular weight excluding hydrogens is 210 g/mol. The second-order valence-corrected chi connectivity index (χ2v) is 6.39. The van der Waals surface area contributed by atoms with Gasteiger partial charge in [-0.25, -0.2) is 0 Å². The number of piperidine rings is 1. The van der Waals surface area contributed by atoms with E-state index in [9.17, 15) is 0 Å². The second-order valence-electron chi connectivity index (χ2n) is 6.39. The zero-order valence-corrected chi connectivity index (χ0v) is 11.8. The SMILES string of the molecule is CC1CC(CN)(N(C)CC2CCC2)CCN1C. The number of rotatable bonds is 4. The maximum absolute atomic E-state index is 6.12. The van der Waals surface area contributed by atoms with E-state index in [1.165, 1.54) is 45.2 Å². The molecule has 100 valence electrons. The molecule has 3 nitrogen and oxygen atoms in total. The molecule has 0 aromatic rings. The Labute approximate surface area is 106 Å². The lowest BCUT2D eigenvalue weighted by atomic mass is 9.79. The van der Waals surface area contributed by atoms with Crippen molar-refractivity contribution in [3.05, 3.63) is 0 Å². The van der Waals surface area contributed by atoms with Crippen LogP contribution >= 0.6 is 0 Å². The molecule has 2 rings (SSSR count). The van der Waals surface area contributed by atoms with Gasteiger partial charge in [0.15, 0.2) is 0 Å². The molecule has 0 bridgehead atoms. The van der Waals surface area contributed by atoms with Crippen LogP contribution in [0.15, 0.2) is 0 Å². The third-order valence-corrected chi connectivity index (χ3v) is 5.30. The molecular formula is C14H29N3. The Morgan fingerprint density at radius 3 is 2.59 bits per heavy atom. The van der Waals surface area contributed by atoms with Crippen LogP contribution in [0.2, 0.25) is 0 Å². The van der Waals surface area contributed by atoms with Crippen molar-refractivity contribution >= 4 is 0 Å². The van der Waals surface area contributed by atoms with Gasteiger partial charge >= 0.3 is 0 Å². The number of likely N-dealkylation sites (N-methyl/N-ethyl adjacent to an activating group) is 1. The molecule has 1 aliphatic heterocycles. The van der Waals surface area contributed by atoms with Crippen molar-refractivity contribution in [2.75, 3.05) is 33.7 Å². The van der Waals surface area contributed by atoms with Gasteiger partial charge in [0.05, 0.1) is 0 Å². The van der Waals surface area contributed by atoms with Gasteiger partial charge in [0.25, 0.3) is 0 Å². The summed E-state index contributed by atoms with van der Waals surface area (Å²) in [6, 6.07) is 0.663. The van der Waals surface area contributed by atoms with Crippen LogP contribution in [0, 0.1) is 5.92 Å². The lowest BCUT2D eigenvalue weighted by molar-refractivity contribution is 0.0107. The molecule has 0 radical (unpaired) electrons. The molecule has 2 N–H and O–H groups in total. The summed E-state index contributed by atoms with van der Waals surface area (Å²) in [5, 5.41) is 0. The summed E-state index contributed by atoms with van der Waals surface area (Å²) in [6.45, 7) is 5.59. The van der Waals surface area contributed by atoms with Crippen LogP contribution in [-0.4, -0.2) is 55.1 Å². The number of nitrogens with two attached hydrogens (primary N) is 1. The van der Waals surface area contributed by atoms with Gasteiger partial charge in [-0.1, -0.05) is 6.42 Å². The smallest absolute Gasteiger partial charge is 0.0355 e. The highest BCUT2D eigenvalue weighted by Crippen LogP contribution is 2.34. The third kappa shape index (κ3) is 2.67. The van der Waals surface area contributed by atoms with Crippen LogP contribution in [0.25, 0.3) is 0 Å². The Bertz CT molecular complexity index is 252. The molecule has 2 aliphatic rings. The fraction of sp³-hybridized carbons (Fsp3) is 1.00. The molecule has 1 saturated carbocycles. The van der Waals surface area contributed by atoms with Crippen molar-refractivity contribution in [3.63, 3.8) is 0 Å². The van der Waals surface area contributed by atoms with Crippen LogP contribution < -0.4 is 5.73 Å². The van der Waals surface area contributed by atoms with Gasteiger partial charge < -0.3 is 10.6 Å². The normalized spacial score (nSPS) is 36.2. The highest BCUT2D eigenvalue weighted by Gasteiger charge is 2.40. The zero-order chi connectivity index (χ0) is 12.5. The maximum atomic E-state index is 6.12. The van der Waals surface area contributed by atoms with E-state index in [1.807, 2.05) is 0 Å². The van der Waals surface area contributed by atoms with E-state index in [2.05, 4.69) is 30.8 Å². The van der Waals surface area contributed by atoms with E-state index >= 15 is 0 Å². The quantitative estimate of drug-likeness (QED) is 0.807. The molecule has 1 saturated heterocycles. The zero-order valence-electron chi connectivity index (χ0n) is 11.8. The molecule has 3 heteroatoms. The molecule has 0 aromatic heterocycles. The monoisotopic (exact) mass is 239 g/mol.